The Morgan fingerprint density at radius 1 is 1.18 bits per heavy atom. The van der Waals surface area contributed by atoms with Crippen LogP contribution in [0.1, 0.15) is 26.3 Å². The number of nitrogens with one attached hydrogen (secondary N) is 2. The Morgan fingerprint density at radius 2 is 1.93 bits per heavy atom. The van der Waals surface area contributed by atoms with Crippen LogP contribution in [-0.4, -0.2) is 65.6 Å². The smallest absolute Gasteiger partial charge is 0.191 e. The molecule has 0 amide bonds. The van der Waals surface area contributed by atoms with Crippen molar-refractivity contribution in [3.63, 3.8) is 0 Å². The molecule has 1 aliphatic heterocycles. The molecule has 7 heteroatoms. The Labute approximate surface area is 167 Å². The van der Waals surface area contributed by atoms with Gasteiger partial charge in [-0.3, -0.25) is 4.90 Å². The topological polar surface area (TPSA) is 66.7 Å². The van der Waals surface area contributed by atoms with Crippen LogP contribution in [0.3, 0.4) is 0 Å². The maximum atomic E-state index is 5.48. The van der Waals surface area contributed by atoms with E-state index in [9.17, 15) is 0 Å². The highest BCUT2D eigenvalue weighted by molar-refractivity contribution is 5.79. The summed E-state index contributed by atoms with van der Waals surface area (Å²) in [6.07, 6.45) is 3.72. The van der Waals surface area contributed by atoms with Gasteiger partial charge < -0.3 is 15.4 Å². The fraction of sp³-hybridized carbons (Fsp3) is 0.524. The highest BCUT2D eigenvalue weighted by Crippen LogP contribution is 2.15. The van der Waals surface area contributed by atoms with E-state index < -0.39 is 0 Å². The number of morpholine rings is 1. The standard InChI is InChI=1S/C21H32N6O/c1-4-22-20(24-17-21(2,3)26-12-14-28-15-13-26)23-16-18-6-8-19(9-7-18)27-11-5-10-25-27/h5-11H,4,12-17H2,1-3H3,(H2,22,23,24). The van der Waals surface area contributed by atoms with Crippen LogP contribution in [0.5, 0.6) is 0 Å². The van der Waals surface area contributed by atoms with E-state index >= 15 is 0 Å². The third-order valence-electron chi connectivity index (χ3n) is 5.02. The third-order valence-corrected chi connectivity index (χ3v) is 5.02. The minimum atomic E-state index is 0.0470. The lowest BCUT2D eigenvalue weighted by atomic mass is 10.0. The lowest BCUT2D eigenvalue weighted by molar-refractivity contribution is -0.00834. The van der Waals surface area contributed by atoms with Crippen LogP contribution in [0.4, 0.5) is 0 Å². The largest absolute Gasteiger partial charge is 0.379 e. The summed E-state index contributed by atoms with van der Waals surface area (Å²) >= 11 is 0. The van der Waals surface area contributed by atoms with E-state index in [1.165, 1.54) is 5.56 Å². The predicted octanol–water partition coefficient (Wildman–Crippen LogP) is 2.04. The van der Waals surface area contributed by atoms with Crippen molar-refractivity contribution in [3.8, 4) is 5.69 Å². The summed E-state index contributed by atoms with van der Waals surface area (Å²) in [5.74, 6) is 0.847. The summed E-state index contributed by atoms with van der Waals surface area (Å²) in [4.78, 5) is 7.23. The van der Waals surface area contributed by atoms with Gasteiger partial charge >= 0.3 is 0 Å². The van der Waals surface area contributed by atoms with Crippen LogP contribution in [0.15, 0.2) is 47.7 Å². The van der Waals surface area contributed by atoms with Crippen LogP contribution >= 0.6 is 0 Å². The number of hydrogen-bond acceptors (Lipinski definition) is 4. The summed E-state index contributed by atoms with van der Waals surface area (Å²) in [7, 11) is 0. The van der Waals surface area contributed by atoms with E-state index in [1.54, 1.807) is 6.20 Å². The zero-order valence-electron chi connectivity index (χ0n) is 17.2. The van der Waals surface area contributed by atoms with Gasteiger partial charge in [0.25, 0.3) is 0 Å². The average Bonchev–Trinajstić information content (AvgIpc) is 3.26. The van der Waals surface area contributed by atoms with Crippen molar-refractivity contribution in [2.24, 2.45) is 4.99 Å². The van der Waals surface area contributed by atoms with Gasteiger partial charge in [-0.25, -0.2) is 9.67 Å². The van der Waals surface area contributed by atoms with Crippen molar-refractivity contribution >= 4 is 5.96 Å². The fourth-order valence-electron chi connectivity index (χ4n) is 3.27. The summed E-state index contributed by atoms with van der Waals surface area (Å²) in [6, 6.07) is 10.3. The molecule has 1 aliphatic rings. The number of guanidine groups is 1. The van der Waals surface area contributed by atoms with Crippen LogP contribution < -0.4 is 10.6 Å². The second-order valence-electron chi connectivity index (χ2n) is 7.58. The molecule has 0 radical (unpaired) electrons. The Bertz CT molecular complexity index is 733. The van der Waals surface area contributed by atoms with Crippen molar-refractivity contribution in [3.05, 3.63) is 48.3 Å². The molecule has 1 aromatic carbocycles. The molecule has 2 aromatic rings. The lowest BCUT2D eigenvalue weighted by Crippen LogP contribution is -2.56. The van der Waals surface area contributed by atoms with Gasteiger partial charge in [-0.1, -0.05) is 12.1 Å². The van der Waals surface area contributed by atoms with E-state index in [0.29, 0.717) is 6.54 Å². The average molecular weight is 385 g/mol. The number of aliphatic imine (C=N–C) groups is 1. The normalized spacial score (nSPS) is 16.2. The van der Waals surface area contributed by atoms with Gasteiger partial charge in [-0.15, -0.1) is 0 Å². The number of benzene rings is 1. The van der Waals surface area contributed by atoms with Gasteiger partial charge in [0.1, 0.15) is 0 Å². The summed E-state index contributed by atoms with van der Waals surface area (Å²) < 4.78 is 7.33. The second kappa shape index (κ2) is 9.71. The second-order valence-corrected chi connectivity index (χ2v) is 7.58. The molecule has 0 spiro atoms. The molecule has 152 valence electrons. The van der Waals surface area contributed by atoms with Crippen molar-refractivity contribution < 1.29 is 4.74 Å². The van der Waals surface area contributed by atoms with Crippen LogP contribution in [-0.2, 0) is 11.3 Å². The Hall–Kier alpha value is -2.38. The summed E-state index contributed by atoms with van der Waals surface area (Å²) in [5, 5.41) is 11.1. The number of hydrogen-bond donors (Lipinski definition) is 2. The SMILES string of the molecule is CCNC(=NCc1ccc(-n2cccn2)cc1)NCC(C)(C)N1CCOCC1. The molecule has 1 aromatic heterocycles. The molecule has 0 bridgehead atoms. The molecule has 2 heterocycles. The molecule has 28 heavy (non-hydrogen) atoms. The van der Waals surface area contributed by atoms with Gasteiger partial charge in [-0.2, -0.15) is 5.10 Å². The van der Waals surface area contributed by atoms with Crippen molar-refractivity contribution in [2.45, 2.75) is 32.9 Å². The quantitative estimate of drug-likeness (QED) is 0.565. The predicted molar refractivity (Wildman–Crippen MR) is 113 cm³/mol. The van der Waals surface area contributed by atoms with Gasteiger partial charge in [-0.05, 0) is 44.5 Å². The Balaban J connectivity index is 1.57. The molecule has 3 rings (SSSR count). The molecular weight excluding hydrogens is 352 g/mol. The van der Waals surface area contributed by atoms with E-state index in [1.807, 2.05) is 16.9 Å². The first kappa shape index (κ1) is 20.4. The first-order chi connectivity index (χ1) is 13.6. The molecule has 0 aliphatic carbocycles. The summed E-state index contributed by atoms with van der Waals surface area (Å²) in [5.41, 5.74) is 2.27. The van der Waals surface area contributed by atoms with Crippen LogP contribution in [0.25, 0.3) is 5.69 Å². The number of nitrogens with zero attached hydrogens (tertiary/aromatic N) is 4. The van der Waals surface area contributed by atoms with Gasteiger partial charge in [0.05, 0.1) is 25.4 Å². The molecule has 0 atom stereocenters. The van der Waals surface area contributed by atoms with Crippen LogP contribution in [0.2, 0.25) is 0 Å². The monoisotopic (exact) mass is 384 g/mol. The van der Waals surface area contributed by atoms with E-state index in [2.05, 4.69) is 65.7 Å². The maximum absolute atomic E-state index is 5.48. The van der Waals surface area contributed by atoms with E-state index in [4.69, 9.17) is 9.73 Å². The molecular formula is C21H32N6O. The molecule has 0 saturated carbocycles. The zero-order chi connectivity index (χ0) is 19.8. The number of ether oxygens (including phenoxy) is 1. The minimum absolute atomic E-state index is 0.0470. The minimum Gasteiger partial charge on any atom is -0.379 e. The van der Waals surface area contributed by atoms with Crippen molar-refractivity contribution in [1.29, 1.82) is 0 Å². The van der Waals surface area contributed by atoms with Gasteiger partial charge in [0.2, 0.25) is 0 Å². The lowest BCUT2D eigenvalue weighted by Gasteiger charge is -2.41. The van der Waals surface area contributed by atoms with E-state index in [0.717, 1.165) is 51.0 Å². The van der Waals surface area contributed by atoms with Gasteiger partial charge in [0.15, 0.2) is 5.96 Å². The highest BCUT2D eigenvalue weighted by Gasteiger charge is 2.28. The first-order valence-corrected chi connectivity index (χ1v) is 10.0. The summed E-state index contributed by atoms with van der Waals surface area (Å²) in [6.45, 7) is 12.5. The van der Waals surface area contributed by atoms with E-state index in [-0.39, 0.29) is 5.54 Å². The van der Waals surface area contributed by atoms with Crippen molar-refractivity contribution in [1.82, 2.24) is 25.3 Å². The Morgan fingerprint density at radius 3 is 2.57 bits per heavy atom. The number of aromatic nitrogens is 2. The third kappa shape index (κ3) is 5.56. The van der Waals surface area contributed by atoms with Crippen molar-refractivity contribution in [2.75, 3.05) is 39.4 Å². The first-order valence-electron chi connectivity index (χ1n) is 10.0. The number of rotatable bonds is 7. The van der Waals surface area contributed by atoms with Crippen LogP contribution in [0, 0.1) is 0 Å². The fourth-order valence-corrected chi connectivity index (χ4v) is 3.27. The molecule has 2 N–H and O–H groups in total. The zero-order valence-corrected chi connectivity index (χ0v) is 17.2. The molecule has 0 unspecified atom stereocenters. The molecule has 1 saturated heterocycles. The molecule has 7 nitrogen and oxygen atoms in total. The Kier molecular flexibility index (Phi) is 7.06. The maximum Gasteiger partial charge on any atom is 0.191 e. The van der Waals surface area contributed by atoms with Gasteiger partial charge in [0, 0.05) is 44.1 Å². The molecule has 1 fully saturated rings. The highest BCUT2D eigenvalue weighted by atomic mass is 16.5.